The maximum Gasteiger partial charge on any atom is 0.344 e. The largest absolute Gasteiger partial charge is 0.480 e. The van der Waals surface area contributed by atoms with Gasteiger partial charge in [-0.2, -0.15) is 5.26 Å². The number of carbonyl (C=O) groups is 3. The standard InChI is InChI=1S/C23H20Br2N2O6/c1-3-31-20(28)13-33-21-18(24)10-14(11-19(21)25)9-16(12-26)22(29)27-17-7-5-15(6-8-17)23(30)32-4-2/h5-11H,3-4,13H2,1-2H3,(H,27,29)/b16-9+. The van der Waals surface area contributed by atoms with Gasteiger partial charge in [0, 0.05) is 5.69 Å². The first-order chi connectivity index (χ1) is 15.8. The van der Waals surface area contributed by atoms with Crippen LogP contribution in [0.4, 0.5) is 5.69 Å². The van der Waals surface area contributed by atoms with Crippen molar-refractivity contribution in [1.29, 1.82) is 5.26 Å². The van der Waals surface area contributed by atoms with Crippen molar-refractivity contribution >= 4 is 61.5 Å². The highest BCUT2D eigenvalue weighted by Gasteiger charge is 2.14. The fraction of sp³-hybridized carbons (Fsp3) is 0.217. The number of anilines is 1. The van der Waals surface area contributed by atoms with Crippen LogP contribution in [0.5, 0.6) is 5.75 Å². The minimum Gasteiger partial charge on any atom is -0.480 e. The highest BCUT2D eigenvalue weighted by atomic mass is 79.9. The molecule has 2 aromatic rings. The van der Waals surface area contributed by atoms with Gasteiger partial charge in [0.05, 0.1) is 27.7 Å². The van der Waals surface area contributed by atoms with Gasteiger partial charge < -0.3 is 19.5 Å². The molecule has 172 valence electrons. The van der Waals surface area contributed by atoms with Gasteiger partial charge in [-0.1, -0.05) is 0 Å². The number of esters is 2. The van der Waals surface area contributed by atoms with Crippen LogP contribution in [0.3, 0.4) is 0 Å². The molecule has 10 heteroatoms. The van der Waals surface area contributed by atoms with Crippen LogP contribution in [-0.2, 0) is 19.1 Å². The van der Waals surface area contributed by atoms with Crippen molar-refractivity contribution in [2.75, 3.05) is 25.1 Å². The predicted octanol–water partition coefficient (Wildman–Crippen LogP) is 4.88. The Bertz CT molecular complexity index is 1080. The van der Waals surface area contributed by atoms with E-state index in [4.69, 9.17) is 14.2 Å². The van der Waals surface area contributed by atoms with Gasteiger partial charge in [0.25, 0.3) is 5.91 Å². The summed E-state index contributed by atoms with van der Waals surface area (Å²) in [7, 11) is 0. The zero-order valence-electron chi connectivity index (χ0n) is 17.8. The van der Waals surface area contributed by atoms with Crippen LogP contribution in [0.2, 0.25) is 0 Å². The summed E-state index contributed by atoms with van der Waals surface area (Å²) in [6, 6.07) is 11.3. The number of ether oxygens (including phenoxy) is 3. The minimum absolute atomic E-state index is 0.136. The lowest BCUT2D eigenvalue weighted by atomic mass is 10.1. The maximum atomic E-state index is 12.6. The second-order valence-corrected chi connectivity index (χ2v) is 8.04. The van der Waals surface area contributed by atoms with E-state index in [1.165, 1.54) is 18.2 Å². The summed E-state index contributed by atoms with van der Waals surface area (Å²) in [6.45, 7) is 3.66. The molecule has 8 nitrogen and oxygen atoms in total. The average molecular weight is 580 g/mol. The summed E-state index contributed by atoms with van der Waals surface area (Å²) < 4.78 is 16.2. The summed E-state index contributed by atoms with van der Waals surface area (Å²) in [4.78, 5) is 35.8. The van der Waals surface area contributed by atoms with Crippen LogP contribution in [-0.4, -0.2) is 37.7 Å². The highest BCUT2D eigenvalue weighted by Crippen LogP contribution is 2.35. The van der Waals surface area contributed by atoms with Gasteiger partial charge in [-0.3, -0.25) is 4.79 Å². The lowest BCUT2D eigenvalue weighted by molar-refractivity contribution is -0.145. The molecule has 1 amide bonds. The van der Waals surface area contributed by atoms with E-state index in [0.29, 0.717) is 31.5 Å². The number of hydrogen-bond acceptors (Lipinski definition) is 7. The van der Waals surface area contributed by atoms with Crippen LogP contribution in [0.25, 0.3) is 6.08 Å². The van der Waals surface area contributed by atoms with Crippen LogP contribution < -0.4 is 10.1 Å². The molecule has 0 heterocycles. The molecule has 0 atom stereocenters. The highest BCUT2D eigenvalue weighted by molar-refractivity contribution is 9.11. The Kier molecular flexibility index (Phi) is 10.1. The van der Waals surface area contributed by atoms with Crippen molar-refractivity contribution in [1.82, 2.24) is 0 Å². The molecule has 0 saturated carbocycles. The average Bonchev–Trinajstić information content (AvgIpc) is 2.77. The Balaban J connectivity index is 2.14. The van der Waals surface area contributed by atoms with Gasteiger partial charge in [-0.05, 0) is 93.7 Å². The quantitative estimate of drug-likeness (QED) is 0.256. The third-order valence-corrected chi connectivity index (χ3v) is 5.17. The SMILES string of the molecule is CCOC(=O)COc1c(Br)cc(/C=C(\C#N)C(=O)Nc2ccc(C(=O)OCC)cc2)cc1Br. The molecule has 0 aromatic heterocycles. The maximum absolute atomic E-state index is 12.6. The topological polar surface area (TPSA) is 115 Å². The van der Waals surface area contributed by atoms with E-state index in [9.17, 15) is 19.6 Å². The third-order valence-electron chi connectivity index (χ3n) is 3.99. The van der Waals surface area contributed by atoms with E-state index >= 15 is 0 Å². The molecule has 0 unspecified atom stereocenters. The normalized spacial score (nSPS) is 10.7. The molecule has 0 saturated heterocycles. The lowest BCUT2D eigenvalue weighted by Crippen LogP contribution is -2.15. The molecule has 0 aliphatic rings. The third kappa shape index (κ3) is 7.73. The zero-order chi connectivity index (χ0) is 24.4. The lowest BCUT2D eigenvalue weighted by Gasteiger charge is -2.11. The Morgan fingerprint density at radius 2 is 1.64 bits per heavy atom. The fourth-order valence-electron chi connectivity index (χ4n) is 2.55. The summed E-state index contributed by atoms with van der Waals surface area (Å²) >= 11 is 6.72. The number of nitrogens with zero attached hydrogens (tertiary/aromatic N) is 1. The number of halogens is 2. The molecule has 0 bridgehead atoms. The first-order valence-corrected chi connectivity index (χ1v) is 11.3. The van der Waals surface area contributed by atoms with Crippen molar-refractivity contribution in [2.24, 2.45) is 0 Å². The number of carbonyl (C=O) groups excluding carboxylic acids is 3. The second-order valence-electron chi connectivity index (χ2n) is 6.33. The van der Waals surface area contributed by atoms with Crippen LogP contribution in [0.15, 0.2) is 50.9 Å². The minimum atomic E-state index is -0.615. The molecular formula is C23H20Br2N2O6. The van der Waals surface area contributed by atoms with E-state index in [0.717, 1.165) is 0 Å². The Morgan fingerprint density at radius 1 is 1.03 bits per heavy atom. The van der Waals surface area contributed by atoms with E-state index in [1.54, 1.807) is 38.1 Å². The summed E-state index contributed by atoms with van der Waals surface area (Å²) in [5.41, 5.74) is 1.18. The van der Waals surface area contributed by atoms with Crippen molar-refractivity contribution < 1.29 is 28.6 Å². The number of amides is 1. The molecule has 0 spiro atoms. The Morgan fingerprint density at radius 3 is 2.18 bits per heavy atom. The van der Waals surface area contributed by atoms with E-state index < -0.39 is 17.8 Å². The molecule has 2 rings (SSSR count). The van der Waals surface area contributed by atoms with Gasteiger partial charge in [0.2, 0.25) is 0 Å². The van der Waals surface area contributed by atoms with Crippen LogP contribution >= 0.6 is 31.9 Å². The predicted molar refractivity (Wildman–Crippen MR) is 129 cm³/mol. The Hall–Kier alpha value is -3.16. The summed E-state index contributed by atoms with van der Waals surface area (Å²) in [5.74, 6) is -1.20. The van der Waals surface area contributed by atoms with Crippen molar-refractivity contribution in [3.63, 3.8) is 0 Å². The second kappa shape index (κ2) is 12.8. The molecule has 2 aromatic carbocycles. The van der Waals surface area contributed by atoms with Gasteiger partial charge >= 0.3 is 11.9 Å². The summed E-state index contributed by atoms with van der Waals surface area (Å²) in [5, 5.41) is 12.1. The molecule has 0 radical (unpaired) electrons. The van der Waals surface area contributed by atoms with Crippen LogP contribution in [0, 0.1) is 11.3 Å². The smallest absolute Gasteiger partial charge is 0.344 e. The molecule has 0 aliphatic heterocycles. The van der Waals surface area contributed by atoms with Gasteiger partial charge in [-0.15, -0.1) is 0 Å². The number of benzene rings is 2. The molecule has 1 N–H and O–H groups in total. The monoisotopic (exact) mass is 578 g/mol. The fourth-order valence-corrected chi connectivity index (χ4v) is 4.00. The first kappa shape index (κ1) is 26.1. The molecule has 33 heavy (non-hydrogen) atoms. The number of rotatable bonds is 9. The number of nitrogens with one attached hydrogen (secondary N) is 1. The van der Waals surface area contributed by atoms with E-state index in [2.05, 4.69) is 37.2 Å². The number of nitriles is 1. The zero-order valence-corrected chi connectivity index (χ0v) is 21.0. The van der Waals surface area contributed by atoms with Crippen LogP contribution in [0.1, 0.15) is 29.8 Å². The van der Waals surface area contributed by atoms with Crippen molar-refractivity contribution in [3.05, 3.63) is 62.0 Å². The molecule has 0 fully saturated rings. The molecular weight excluding hydrogens is 560 g/mol. The Labute approximate surface area is 207 Å². The van der Waals surface area contributed by atoms with Gasteiger partial charge in [0.15, 0.2) is 6.61 Å². The molecule has 0 aliphatic carbocycles. The van der Waals surface area contributed by atoms with E-state index in [-0.39, 0.29) is 25.4 Å². The van der Waals surface area contributed by atoms with E-state index in [1.807, 2.05) is 6.07 Å². The van der Waals surface area contributed by atoms with Gasteiger partial charge in [-0.25, -0.2) is 9.59 Å². The summed E-state index contributed by atoms with van der Waals surface area (Å²) in [6.07, 6.45) is 1.41. The van der Waals surface area contributed by atoms with Crippen molar-refractivity contribution in [3.8, 4) is 11.8 Å². The van der Waals surface area contributed by atoms with Crippen molar-refractivity contribution in [2.45, 2.75) is 13.8 Å². The van der Waals surface area contributed by atoms with Gasteiger partial charge in [0.1, 0.15) is 17.4 Å². The first-order valence-electron chi connectivity index (χ1n) is 9.76. The number of hydrogen-bond donors (Lipinski definition) is 1.